The molecule has 0 spiro atoms. The van der Waals surface area contributed by atoms with Crippen LogP contribution >= 0.6 is 11.6 Å². The number of hydrogen-bond donors (Lipinski definition) is 2. The summed E-state index contributed by atoms with van der Waals surface area (Å²) in [7, 11) is 0. The largest absolute Gasteiger partial charge is 0.397 e. The number of aliphatic hydroxyl groups is 1. The number of benzene rings is 1. The molecule has 0 amide bonds. The Bertz CT molecular complexity index is 291. The van der Waals surface area contributed by atoms with Gasteiger partial charge in [0.2, 0.25) is 0 Å². The maximum absolute atomic E-state index is 9.66. The second kappa shape index (κ2) is 2.96. The molecule has 0 atom stereocenters. The van der Waals surface area contributed by atoms with E-state index in [0.29, 0.717) is 16.3 Å². The van der Waals surface area contributed by atoms with E-state index in [0.717, 1.165) is 0 Å². The molecule has 12 heavy (non-hydrogen) atoms. The molecule has 0 saturated heterocycles. The van der Waals surface area contributed by atoms with Crippen LogP contribution in [-0.4, -0.2) is 5.11 Å². The van der Waals surface area contributed by atoms with Crippen LogP contribution < -0.4 is 5.73 Å². The van der Waals surface area contributed by atoms with Crippen molar-refractivity contribution in [3.63, 3.8) is 0 Å². The SMILES string of the molecule is CC(C)(O)c1cccc(Cl)c1N. The lowest BCUT2D eigenvalue weighted by Gasteiger charge is -2.20. The summed E-state index contributed by atoms with van der Waals surface area (Å²) < 4.78 is 0. The standard InChI is InChI=1S/C9H12ClNO/c1-9(2,12)6-4-3-5-7(10)8(6)11/h3-5,12H,11H2,1-2H3. The molecular weight excluding hydrogens is 174 g/mol. The van der Waals surface area contributed by atoms with Gasteiger partial charge in [0.1, 0.15) is 0 Å². The van der Waals surface area contributed by atoms with Crippen LogP contribution in [0.4, 0.5) is 5.69 Å². The topological polar surface area (TPSA) is 46.2 Å². The van der Waals surface area contributed by atoms with Gasteiger partial charge in [0.15, 0.2) is 0 Å². The van der Waals surface area contributed by atoms with Gasteiger partial charge in [0, 0.05) is 5.56 Å². The molecule has 1 rings (SSSR count). The van der Waals surface area contributed by atoms with Crippen LogP contribution in [0.3, 0.4) is 0 Å². The number of nitrogen functional groups attached to an aromatic ring is 1. The van der Waals surface area contributed by atoms with Gasteiger partial charge in [-0.05, 0) is 19.9 Å². The van der Waals surface area contributed by atoms with Crippen molar-refractivity contribution in [2.24, 2.45) is 0 Å². The van der Waals surface area contributed by atoms with E-state index in [2.05, 4.69) is 0 Å². The van der Waals surface area contributed by atoms with Crippen molar-refractivity contribution >= 4 is 17.3 Å². The molecule has 0 unspecified atom stereocenters. The molecular formula is C9H12ClNO. The zero-order chi connectivity index (χ0) is 9.35. The highest BCUT2D eigenvalue weighted by Gasteiger charge is 2.19. The lowest BCUT2D eigenvalue weighted by molar-refractivity contribution is 0.0794. The number of para-hydroxylation sites is 1. The summed E-state index contributed by atoms with van der Waals surface area (Å²) in [6.07, 6.45) is 0. The predicted molar refractivity (Wildman–Crippen MR) is 51.1 cm³/mol. The first kappa shape index (κ1) is 9.36. The Labute approximate surface area is 77.0 Å². The Balaban J connectivity index is 3.26. The molecule has 1 aromatic rings. The smallest absolute Gasteiger partial charge is 0.0860 e. The number of nitrogens with two attached hydrogens (primary N) is 1. The molecule has 66 valence electrons. The number of anilines is 1. The maximum Gasteiger partial charge on any atom is 0.0860 e. The first-order chi connectivity index (χ1) is 5.43. The first-order valence-corrected chi connectivity index (χ1v) is 4.07. The Morgan fingerprint density at radius 1 is 1.42 bits per heavy atom. The predicted octanol–water partition coefficient (Wildman–Crippen LogP) is 2.15. The molecule has 0 bridgehead atoms. The molecule has 0 saturated carbocycles. The quantitative estimate of drug-likeness (QED) is 0.659. The third-order valence-corrected chi connectivity index (χ3v) is 2.04. The van der Waals surface area contributed by atoms with Gasteiger partial charge in [-0.15, -0.1) is 0 Å². The first-order valence-electron chi connectivity index (χ1n) is 3.70. The van der Waals surface area contributed by atoms with Gasteiger partial charge in [0.05, 0.1) is 16.3 Å². The highest BCUT2D eigenvalue weighted by molar-refractivity contribution is 6.33. The zero-order valence-electron chi connectivity index (χ0n) is 7.13. The Morgan fingerprint density at radius 3 is 2.42 bits per heavy atom. The lowest BCUT2D eigenvalue weighted by atomic mass is 9.97. The third kappa shape index (κ3) is 1.71. The molecule has 0 aromatic heterocycles. The van der Waals surface area contributed by atoms with Crippen molar-refractivity contribution in [2.75, 3.05) is 5.73 Å². The van der Waals surface area contributed by atoms with Crippen molar-refractivity contribution in [2.45, 2.75) is 19.4 Å². The highest BCUT2D eigenvalue weighted by atomic mass is 35.5. The van der Waals surface area contributed by atoms with E-state index in [4.69, 9.17) is 17.3 Å². The minimum atomic E-state index is -0.936. The van der Waals surface area contributed by atoms with E-state index in [-0.39, 0.29) is 0 Å². The molecule has 0 aliphatic rings. The molecule has 0 fully saturated rings. The normalized spacial score (nSPS) is 11.7. The van der Waals surface area contributed by atoms with Crippen LogP contribution in [0.2, 0.25) is 5.02 Å². The fourth-order valence-electron chi connectivity index (χ4n) is 1.07. The van der Waals surface area contributed by atoms with Gasteiger partial charge in [-0.1, -0.05) is 23.7 Å². The van der Waals surface area contributed by atoms with Crippen LogP contribution in [0.15, 0.2) is 18.2 Å². The van der Waals surface area contributed by atoms with E-state index in [9.17, 15) is 5.11 Å². The van der Waals surface area contributed by atoms with Crippen LogP contribution in [-0.2, 0) is 5.60 Å². The second-order valence-corrected chi connectivity index (χ2v) is 3.67. The second-order valence-electron chi connectivity index (χ2n) is 3.26. The molecule has 1 aromatic carbocycles. The van der Waals surface area contributed by atoms with E-state index in [1.54, 1.807) is 32.0 Å². The molecule has 0 aliphatic heterocycles. The number of rotatable bonds is 1. The van der Waals surface area contributed by atoms with Crippen molar-refractivity contribution in [1.29, 1.82) is 0 Å². The third-order valence-electron chi connectivity index (χ3n) is 1.71. The van der Waals surface area contributed by atoms with Gasteiger partial charge in [-0.25, -0.2) is 0 Å². The lowest BCUT2D eigenvalue weighted by Crippen LogP contribution is -2.17. The van der Waals surface area contributed by atoms with E-state index in [1.165, 1.54) is 0 Å². The zero-order valence-corrected chi connectivity index (χ0v) is 7.89. The summed E-state index contributed by atoms with van der Waals surface area (Å²) in [5.41, 5.74) is 5.85. The maximum atomic E-state index is 9.66. The van der Waals surface area contributed by atoms with Crippen molar-refractivity contribution in [1.82, 2.24) is 0 Å². The van der Waals surface area contributed by atoms with Crippen molar-refractivity contribution in [3.05, 3.63) is 28.8 Å². The number of halogens is 1. The van der Waals surface area contributed by atoms with Crippen LogP contribution in [0.5, 0.6) is 0 Å². The van der Waals surface area contributed by atoms with E-state index >= 15 is 0 Å². The summed E-state index contributed by atoms with van der Waals surface area (Å²) in [5.74, 6) is 0. The van der Waals surface area contributed by atoms with Gasteiger partial charge in [-0.3, -0.25) is 0 Å². The fraction of sp³-hybridized carbons (Fsp3) is 0.333. The fourth-order valence-corrected chi connectivity index (χ4v) is 1.25. The molecule has 0 heterocycles. The highest BCUT2D eigenvalue weighted by Crippen LogP contribution is 2.30. The van der Waals surface area contributed by atoms with Crippen LogP contribution in [0.25, 0.3) is 0 Å². The van der Waals surface area contributed by atoms with Crippen LogP contribution in [0, 0.1) is 0 Å². The van der Waals surface area contributed by atoms with E-state index in [1.807, 2.05) is 0 Å². The molecule has 3 N–H and O–H groups in total. The molecule has 0 aliphatic carbocycles. The summed E-state index contributed by atoms with van der Waals surface area (Å²) in [5, 5.41) is 10.1. The Hall–Kier alpha value is -0.730. The van der Waals surface area contributed by atoms with E-state index < -0.39 is 5.60 Å². The molecule has 2 nitrogen and oxygen atoms in total. The van der Waals surface area contributed by atoms with Gasteiger partial charge in [0.25, 0.3) is 0 Å². The summed E-state index contributed by atoms with van der Waals surface area (Å²) in [4.78, 5) is 0. The average molecular weight is 186 g/mol. The number of hydrogen-bond acceptors (Lipinski definition) is 2. The van der Waals surface area contributed by atoms with Gasteiger partial charge >= 0.3 is 0 Å². The Morgan fingerprint density at radius 2 is 2.00 bits per heavy atom. The minimum absolute atomic E-state index is 0.451. The van der Waals surface area contributed by atoms with Crippen molar-refractivity contribution in [3.8, 4) is 0 Å². The van der Waals surface area contributed by atoms with Crippen molar-refractivity contribution < 1.29 is 5.11 Å². The molecule has 3 heteroatoms. The average Bonchev–Trinajstić information content (AvgIpc) is 1.92. The molecule has 0 radical (unpaired) electrons. The minimum Gasteiger partial charge on any atom is -0.397 e. The Kier molecular flexibility index (Phi) is 2.31. The van der Waals surface area contributed by atoms with Gasteiger partial charge < -0.3 is 10.8 Å². The monoisotopic (exact) mass is 185 g/mol. The summed E-state index contributed by atoms with van der Waals surface area (Å²) >= 11 is 5.78. The summed E-state index contributed by atoms with van der Waals surface area (Å²) in [6, 6.07) is 5.24. The summed E-state index contributed by atoms with van der Waals surface area (Å²) in [6.45, 7) is 3.35. The van der Waals surface area contributed by atoms with Crippen LogP contribution in [0.1, 0.15) is 19.4 Å². The van der Waals surface area contributed by atoms with Gasteiger partial charge in [-0.2, -0.15) is 0 Å².